The second-order valence-electron chi connectivity index (χ2n) is 3.77. The summed E-state index contributed by atoms with van der Waals surface area (Å²) in [6, 6.07) is 1.30. The summed E-state index contributed by atoms with van der Waals surface area (Å²) in [4.78, 5) is 3.80. The largest absolute Gasteiger partial charge is 0.462 e. The summed E-state index contributed by atoms with van der Waals surface area (Å²) in [5, 5.41) is 12.3. The molecule has 2 heterocycles. The maximum absolute atomic E-state index is 12.0. The molecule has 0 saturated carbocycles. The van der Waals surface area contributed by atoms with Gasteiger partial charge in [-0.2, -0.15) is 4.98 Å². The number of nitrogens with zero attached hydrogens (tertiary/aromatic N) is 2. The van der Waals surface area contributed by atoms with E-state index in [1.165, 1.54) is 19.3 Å². The van der Waals surface area contributed by atoms with Crippen molar-refractivity contribution in [2.45, 2.75) is 24.8 Å². The lowest BCUT2D eigenvalue weighted by Gasteiger charge is -2.03. The molecule has 104 valence electrons. The van der Waals surface area contributed by atoms with Crippen LogP contribution >= 0.6 is 0 Å². The van der Waals surface area contributed by atoms with Crippen LogP contribution in [0.1, 0.15) is 17.4 Å². The Labute approximate surface area is 109 Å². The van der Waals surface area contributed by atoms with Gasteiger partial charge in [0.1, 0.15) is 23.0 Å². The number of furan rings is 1. The van der Waals surface area contributed by atoms with E-state index in [4.69, 9.17) is 14.0 Å². The quantitative estimate of drug-likeness (QED) is 0.766. The number of aromatic nitrogens is 2. The zero-order chi connectivity index (χ0) is 13.9. The van der Waals surface area contributed by atoms with Gasteiger partial charge in [0.2, 0.25) is 15.9 Å². The van der Waals surface area contributed by atoms with Gasteiger partial charge in [-0.3, -0.25) is 0 Å². The number of hydrogen-bond donors (Lipinski definition) is 2. The first-order valence-electron chi connectivity index (χ1n) is 5.48. The fraction of sp³-hybridized carbons (Fsp3) is 0.400. The molecule has 0 aliphatic heterocycles. The molecule has 19 heavy (non-hydrogen) atoms. The van der Waals surface area contributed by atoms with Crippen molar-refractivity contribution in [2.24, 2.45) is 0 Å². The lowest BCUT2D eigenvalue weighted by Crippen LogP contribution is -2.26. The van der Waals surface area contributed by atoms with E-state index in [2.05, 4.69) is 14.9 Å². The van der Waals surface area contributed by atoms with Crippen molar-refractivity contribution in [3.63, 3.8) is 0 Å². The van der Waals surface area contributed by atoms with Gasteiger partial charge in [-0.05, 0) is 6.92 Å². The smallest absolute Gasteiger partial charge is 0.244 e. The zero-order valence-corrected chi connectivity index (χ0v) is 11.0. The van der Waals surface area contributed by atoms with Gasteiger partial charge in [-0.15, -0.1) is 0 Å². The van der Waals surface area contributed by atoms with Gasteiger partial charge in [0.25, 0.3) is 0 Å². The highest BCUT2D eigenvalue weighted by atomic mass is 32.2. The first kappa shape index (κ1) is 13.7. The summed E-state index contributed by atoms with van der Waals surface area (Å²) in [5.74, 6) is 0.784. The summed E-state index contributed by atoms with van der Waals surface area (Å²) >= 11 is 0. The Hall–Kier alpha value is -1.71. The molecule has 0 amide bonds. The van der Waals surface area contributed by atoms with Crippen molar-refractivity contribution in [2.75, 3.05) is 6.54 Å². The highest BCUT2D eigenvalue weighted by Gasteiger charge is 2.21. The molecular formula is C10H13N3O5S. The van der Waals surface area contributed by atoms with E-state index in [0.29, 0.717) is 12.3 Å². The molecular weight excluding hydrogens is 274 g/mol. The van der Waals surface area contributed by atoms with Crippen LogP contribution in [0, 0.1) is 6.92 Å². The summed E-state index contributed by atoms with van der Waals surface area (Å²) in [6.45, 7) is 1.30. The number of aliphatic hydroxyl groups is 1. The SMILES string of the molecule is Cc1oc(CO)cc1S(=O)(=O)NCCc1ncno1. The van der Waals surface area contributed by atoms with Crippen LogP contribution in [0.15, 0.2) is 26.2 Å². The van der Waals surface area contributed by atoms with E-state index in [9.17, 15) is 8.42 Å². The number of aryl methyl sites for hydroxylation is 1. The Kier molecular flexibility index (Phi) is 3.98. The van der Waals surface area contributed by atoms with Crippen LogP contribution in [0.4, 0.5) is 0 Å². The highest BCUT2D eigenvalue weighted by molar-refractivity contribution is 7.89. The molecule has 0 saturated heterocycles. The van der Waals surface area contributed by atoms with Crippen LogP contribution in [0.25, 0.3) is 0 Å². The van der Waals surface area contributed by atoms with Gasteiger partial charge in [-0.1, -0.05) is 5.16 Å². The number of aliphatic hydroxyl groups excluding tert-OH is 1. The minimum Gasteiger partial charge on any atom is -0.462 e. The summed E-state index contributed by atoms with van der Waals surface area (Å²) in [7, 11) is -3.68. The summed E-state index contributed by atoms with van der Waals surface area (Å²) < 4.78 is 36.2. The second kappa shape index (κ2) is 5.51. The minimum atomic E-state index is -3.68. The lowest BCUT2D eigenvalue weighted by molar-refractivity contribution is 0.244. The monoisotopic (exact) mass is 287 g/mol. The molecule has 0 fully saturated rings. The number of sulfonamides is 1. The first-order chi connectivity index (χ1) is 9.03. The van der Waals surface area contributed by atoms with Gasteiger partial charge < -0.3 is 14.0 Å². The molecule has 0 radical (unpaired) electrons. The van der Waals surface area contributed by atoms with E-state index in [0.717, 1.165) is 0 Å². The number of nitrogens with one attached hydrogen (secondary N) is 1. The van der Waals surface area contributed by atoms with Crippen molar-refractivity contribution in [3.8, 4) is 0 Å². The Bertz CT molecular complexity index is 632. The third-order valence-electron chi connectivity index (χ3n) is 2.41. The van der Waals surface area contributed by atoms with Crippen LogP contribution in [0.5, 0.6) is 0 Å². The van der Waals surface area contributed by atoms with E-state index in [1.807, 2.05) is 0 Å². The van der Waals surface area contributed by atoms with E-state index in [-0.39, 0.29) is 29.6 Å². The maximum atomic E-state index is 12.0. The van der Waals surface area contributed by atoms with Gasteiger partial charge in [0.05, 0.1) is 0 Å². The van der Waals surface area contributed by atoms with Crippen LogP contribution in [0.3, 0.4) is 0 Å². The average molecular weight is 287 g/mol. The average Bonchev–Trinajstić information content (AvgIpc) is 2.98. The molecule has 0 aliphatic carbocycles. The van der Waals surface area contributed by atoms with Crippen LogP contribution in [-0.4, -0.2) is 30.2 Å². The summed E-state index contributed by atoms with van der Waals surface area (Å²) in [6.07, 6.45) is 1.54. The van der Waals surface area contributed by atoms with Crippen molar-refractivity contribution >= 4 is 10.0 Å². The molecule has 9 heteroatoms. The molecule has 2 aromatic rings. The fourth-order valence-electron chi connectivity index (χ4n) is 1.55. The topological polar surface area (TPSA) is 118 Å². The van der Waals surface area contributed by atoms with Crippen molar-refractivity contribution in [1.29, 1.82) is 0 Å². The Morgan fingerprint density at radius 1 is 1.47 bits per heavy atom. The molecule has 0 aromatic carbocycles. The molecule has 0 unspecified atom stereocenters. The normalized spacial score (nSPS) is 11.9. The third kappa shape index (κ3) is 3.19. The molecule has 0 aliphatic rings. The summed E-state index contributed by atoms with van der Waals surface area (Å²) in [5.41, 5.74) is 0. The molecule has 0 bridgehead atoms. The van der Waals surface area contributed by atoms with Crippen LogP contribution < -0.4 is 4.72 Å². The maximum Gasteiger partial charge on any atom is 0.244 e. The molecule has 0 spiro atoms. The minimum absolute atomic E-state index is 0.0158. The molecule has 2 aromatic heterocycles. The highest BCUT2D eigenvalue weighted by Crippen LogP contribution is 2.19. The Balaban J connectivity index is 2.03. The molecule has 2 rings (SSSR count). The van der Waals surface area contributed by atoms with E-state index >= 15 is 0 Å². The van der Waals surface area contributed by atoms with Gasteiger partial charge in [-0.25, -0.2) is 13.1 Å². The number of rotatable bonds is 6. The van der Waals surface area contributed by atoms with Crippen molar-refractivity contribution in [1.82, 2.24) is 14.9 Å². The predicted molar refractivity (Wildman–Crippen MR) is 62.6 cm³/mol. The Morgan fingerprint density at radius 2 is 2.26 bits per heavy atom. The molecule has 2 N–H and O–H groups in total. The lowest BCUT2D eigenvalue weighted by atomic mass is 10.4. The number of hydrogen-bond acceptors (Lipinski definition) is 7. The van der Waals surface area contributed by atoms with Crippen molar-refractivity contribution in [3.05, 3.63) is 29.8 Å². The fourth-order valence-corrected chi connectivity index (χ4v) is 2.78. The van der Waals surface area contributed by atoms with E-state index in [1.54, 1.807) is 0 Å². The Morgan fingerprint density at radius 3 is 2.84 bits per heavy atom. The predicted octanol–water partition coefficient (Wildman–Crippen LogP) is -0.0157. The van der Waals surface area contributed by atoms with Gasteiger partial charge in [0.15, 0.2) is 6.33 Å². The standard InChI is InChI=1S/C10H13N3O5S/c1-7-9(4-8(5-14)17-7)19(15,16)13-3-2-10-11-6-12-18-10/h4,6,13-14H,2-3,5H2,1H3. The third-order valence-corrected chi connectivity index (χ3v) is 3.98. The van der Waals surface area contributed by atoms with Gasteiger partial charge in [0, 0.05) is 19.0 Å². The first-order valence-corrected chi connectivity index (χ1v) is 6.96. The molecule has 0 atom stereocenters. The van der Waals surface area contributed by atoms with Crippen LogP contribution in [0.2, 0.25) is 0 Å². The zero-order valence-electron chi connectivity index (χ0n) is 10.2. The molecule has 8 nitrogen and oxygen atoms in total. The van der Waals surface area contributed by atoms with Crippen molar-refractivity contribution < 1.29 is 22.5 Å². The van der Waals surface area contributed by atoms with E-state index < -0.39 is 10.0 Å². The van der Waals surface area contributed by atoms with Crippen LogP contribution in [-0.2, 0) is 23.1 Å². The second-order valence-corrected chi connectivity index (χ2v) is 5.51. The van der Waals surface area contributed by atoms with Gasteiger partial charge >= 0.3 is 0 Å².